The molecule has 2 N–H and O–H groups in total. The fourth-order valence-corrected chi connectivity index (χ4v) is 3.77. The molecule has 0 heterocycles. The van der Waals surface area contributed by atoms with Gasteiger partial charge < -0.3 is 5.32 Å². The molecule has 0 spiro atoms. The van der Waals surface area contributed by atoms with Crippen LogP contribution in [0, 0.1) is 16.0 Å². The van der Waals surface area contributed by atoms with Gasteiger partial charge in [-0.3, -0.25) is 10.1 Å². The molecule has 116 valence electrons. The normalized spacial score (nSPS) is 16.5. The highest BCUT2D eigenvalue weighted by molar-refractivity contribution is 7.89. The molecule has 1 atom stereocenters. The van der Waals surface area contributed by atoms with Crippen LogP contribution in [-0.2, 0) is 10.0 Å². The highest BCUT2D eigenvalue weighted by Crippen LogP contribution is 2.35. The Morgan fingerprint density at radius 2 is 2.10 bits per heavy atom. The molecular formula is C13H19N3O4S. The van der Waals surface area contributed by atoms with Gasteiger partial charge in [0.2, 0.25) is 10.0 Å². The zero-order valence-electron chi connectivity index (χ0n) is 12.0. The van der Waals surface area contributed by atoms with Gasteiger partial charge >= 0.3 is 5.69 Å². The van der Waals surface area contributed by atoms with E-state index in [1.807, 2.05) is 0 Å². The number of benzene rings is 1. The molecule has 0 radical (unpaired) electrons. The van der Waals surface area contributed by atoms with Gasteiger partial charge in [-0.2, -0.15) is 0 Å². The molecule has 1 aliphatic carbocycles. The summed E-state index contributed by atoms with van der Waals surface area (Å²) in [6.07, 6.45) is 1.98. The lowest BCUT2D eigenvalue weighted by Gasteiger charge is -2.14. The summed E-state index contributed by atoms with van der Waals surface area (Å²) in [5.41, 5.74) is -0.195. The van der Waals surface area contributed by atoms with E-state index in [9.17, 15) is 18.5 Å². The van der Waals surface area contributed by atoms with Gasteiger partial charge in [-0.15, -0.1) is 0 Å². The Kier molecular flexibility index (Phi) is 4.48. The molecule has 0 bridgehead atoms. The van der Waals surface area contributed by atoms with Crippen LogP contribution in [0.15, 0.2) is 23.1 Å². The summed E-state index contributed by atoms with van der Waals surface area (Å²) in [5.74, 6) is 0.329. The van der Waals surface area contributed by atoms with Crippen LogP contribution < -0.4 is 10.0 Å². The molecule has 1 aliphatic rings. The van der Waals surface area contributed by atoms with E-state index in [2.05, 4.69) is 10.0 Å². The van der Waals surface area contributed by atoms with Gasteiger partial charge in [0.1, 0.15) is 5.69 Å². The topological polar surface area (TPSA) is 101 Å². The smallest absolute Gasteiger partial charge is 0.312 e. The summed E-state index contributed by atoms with van der Waals surface area (Å²) in [6.45, 7) is 4.05. The summed E-state index contributed by atoms with van der Waals surface area (Å²) in [6, 6.07) is 4.06. The number of rotatable bonds is 7. The third-order valence-electron chi connectivity index (χ3n) is 3.51. The van der Waals surface area contributed by atoms with Gasteiger partial charge in [-0.25, -0.2) is 13.1 Å². The Morgan fingerprint density at radius 1 is 1.43 bits per heavy atom. The molecule has 1 fully saturated rings. The van der Waals surface area contributed by atoms with Gasteiger partial charge in [0.05, 0.1) is 4.92 Å². The van der Waals surface area contributed by atoms with Crippen molar-refractivity contribution in [2.45, 2.75) is 37.6 Å². The van der Waals surface area contributed by atoms with E-state index < -0.39 is 20.6 Å². The molecule has 1 aromatic rings. The number of hydrogen-bond acceptors (Lipinski definition) is 5. The molecule has 1 saturated carbocycles. The molecule has 1 aromatic carbocycles. The van der Waals surface area contributed by atoms with Crippen molar-refractivity contribution in [1.82, 2.24) is 4.72 Å². The van der Waals surface area contributed by atoms with Crippen molar-refractivity contribution in [2.75, 3.05) is 11.9 Å². The molecule has 0 aliphatic heterocycles. The highest BCUT2D eigenvalue weighted by Gasteiger charge is 2.34. The van der Waals surface area contributed by atoms with Crippen molar-refractivity contribution >= 4 is 21.4 Å². The number of sulfonamides is 1. The number of anilines is 1. The second-order valence-corrected chi connectivity index (χ2v) is 6.87. The van der Waals surface area contributed by atoms with E-state index in [0.717, 1.165) is 12.8 Å². The van der Waals surface area contributed by atoms with Gasteiger partial charge in [-0.05, 0) is 44.7 Å². The molecule has 0 aromatic heterocycles. The van der Waals surface area contributed by atoms with E-state index in [1.54, 1.807) is 13.8 Å². The minimum Gasteiger partial charge on any atom is -0.380 e. The first kappa shape index (κ1) is 15.7. The molecular weight excluding hydrogens is 294 g/mol. The molecule has 0 amide bonds. The summed E-state index contributed by atoms with van der Waals surface area (Å²) in [7, 11) is -3.91. The largest absolute Gasteiger partial charge is 0.380 e. The first-order valence-electron chi connectivity index (χ1n) is 6.90. The maximum Gasteiger partial charge on any atom is 0.312 e. The zero-order chi connectivity index (χ0) is 15.6. The minimum atomic E-state index is -3.91. The van der Waals surface area contributed by atoms with Crippen LogP contribution >= 0.6 is 0 Å². The van der Waals surface area contributed by atoms with Gasteiger partial charge in [0, 0.05) is 12.6 Å². The van der Waals surface area contributed by atoms with Crippen LogP contribution in [0.25, 0.3) is 0 Å². The number of nitrogens with one attached hydrogen (secondary N) is 2. The molecule has 21 heavy (non-hydrogen) atoms. The Balaban J connectivity index is 2.41. The lowest BCUT2D eigenvalue weighted by atomic mass is 10.2. The van der Waals surface area contributed by atoms with Crippen molar-refractivity contribution in [3.05, 3.63) is 28.3 Å². The second-order valence-electron chi connectivity index (χ2n) is 5.19. The van der Waals surface area contributed by atoms with Crippen LogP contribution in [0.2, 0.25) is 0 Å². The molecule has 2 rings (SSSR count). The molecule has 7 nitrogen and oxygen atoms in total. The van der Waals surface area contributed by atoms with Crippen molar-refractivity contribution in [3.63, 3.8) is 0 Å². The number of nitro groups is 1. The summed E-state index contributed by atoms with van der Waals surface area (Å²) >= 11 is 0. The summed E-state index contributed by atoms with van der Waals surface area (Å²) in [4.78, 5) is 10.3. The average molecular weight is 313 g/mol. The SMILES string of the molecule is CCNc1cccc(S(=O)(=O)NC(C)C2CC2)c1[N+](=O)[O-]. The van der Waals surface area contributed by atoms with E-state index in [1.165, 1.54) is 18.2 Å². The van der Waals surface area contributed by atoms with Crippen molar-refractivity contribution in [3.8, 4) is 0 Å². The standard InChI is InChI=1S/C13H19N3O4S/c1-3-14-11-5-4-6-12(13(11)16(17)18)21(19,20)15-9(2)10-7-8-10/h4-6,9-10,14-15H,3,7-8H2,1-2H3. The molecule has 1 unspecified atom stereocenters. The average Bonchev–Trinajstić information content (AvgIpc) is 3.22. The van der Waals surface area contributed by atoms with E-state index in [4.69, 9.17) is 0 Å². The third-order valence-corrected chi connectivity index (χ3v) is 5.10. The van der Waals surface area contributed by atoms with Crippen LogP contribution in [-0.4, -0.2) is 25.9 Å². The lowest BCUT2D eigenvalue weighted by Crippen LogP contribution is -2.34. The number of nitro benzene ring substituents is 1. The van der Waals surface area contributed by atoms with Crippen LogP contribution in [0.1, 0.15) is 26.7 Å². The minimum absolute atomic E-state index is 0.211. The maximum atomic E-state index is 12.4. The Hall–Kier alpha value is -1.67. The van der Waals surface area contributed by atoms with Gasteiger partial charge in [-0.1, -0.05) is 6.07 Å². The first-order chi connectivity index (χ1) is 9.86. The van der Waals surface area contributed by atoms with Gasteiger partial charge in [0.15, 0.2) is 4.90 Å². The van der Waals surface area contributed by atoms with E-state index in [-0.39, 0.29) is 16.6 Å². The van der Waals surface area contributed by atoms with Gasteiger partial charge in [0.25, 0.3) is 0 Å². The second kappa shape index (κ2) is 5.98. The molecule has 8 heteroatoms. The lowest BCUT2D eigenvalue weighted by molar-refractivity contribution is -0.386. The predicted octanol–water partition coefficient (Wildman–Crippen LogP) is 2.10. The zero-order valence-corrected chi connectivity index (χ0v) is 12.8. The number of hydrogen-bond donors (Lipinski definition) is 2. The fraction of sp³-hybridized carbons (Fsp3) is 0.538. The van der Waals surface area contributed by atoms with Crippen LogP contribution in [0.5, 0.6) is 0 Å². The Bertz CT molecular complexity index is 641. The Morgan fingerprint density at radius 3 is 2.62 bits per heavy atom. The van der Waals surface area contributed by atoms with Crippen molar-refractivity contribution < 1.29 is 13.3 Å². The number of para-hydroxylation sites is 1. The summed E-state index contributed by atoms with van der Waals surface area (Å²) in [5, 5.41) is 14.1. The maximum absolute atomic E-state index is 12.4. The van der Waals surface area contributed by atoms with Crippen LogP contribution in [0.3, 0.4) is 0 Å². The predicted molar refractivity (Wildman–Crippen MR) is 79.8 cm³/mol. The van der Waals surface area contributed by atoms with E-state index in [0.29, 0.717) is 12.5 Å². The first-order valence-corrected chi connectivity index (χ1v) is 8.38. The monoisotopic (exact) mass is 313 g/mol. The van der Waals surface area contributed by atoms with Crippen molar-refractivity contribution in [2.24, 2.45) is 5.92 Å². The highest BCUT2D eigenvalue weighted by atomic mass is 32.2. The van der Waals surface area contributed by atoms with Crippen LogP contribution in [0.4, 0.5) is 11.4 Å². The fourth-order valence-electron chi connectivity index (χ4n) is 2.26. The Labute approximate surface area is 123 Å². The third kappa shape index (κ3) is 3.51. The molecule has 0 saturated heterocycles. The summed E-state index contributed by atoms with van der Waals surface area (Å²) < 4.78 is 27.4. The number of nitrogens with zero attached hydrogens (tertiary/aromatic N) is 1. The van der Waals surface area contributed by atoms with E-state index >= 15 is 0 Å². The quantitative estimate of drug-likeness (QED) is 0.593. The van der Waals surface area contributed by atoms with Crippen molar-refractivity contribution in [1.29, 1.82) is 0 Å².